The number of alkyl carbamates (subject to hydrolysis) is 1. The number of carbonyl (C=O) groups excluding carboxylic acids is 2. The van der Waals surface area contributed by atoms with Gasteiger partial charge in [-0.15, -0.1) is 0 Å². The molecule has 3 N–H and O–H groups in total. The highest BCUT2D eigenvalue weighted by Crippen LogP contribution is 2.27. The Bertz CT molecular complexity index is 1320. The van der Waals surface area contributed by atoms with E-state index in [1.807, 2.05) is 66.9 Å². The van der Waals surface area contributed by atoms with Crippen LogP contribution < -0.4 is 20.1 Å². The van der Waals surface area contributed by atoms with Gasteiger partial charge in [0.25, 0.3) is 0 Å². The van der Waals surface area contributed by atoms with Crippen molar-refractivity contribution in [2.24, 2.45) is 0 Å². The molecule has 1 heterocycles. The van der Waals surface area contributed by atoms with Crippen molar-refractivity contribution in [3.63, 3.8) is 0 Å². The van der Waals surface area contributed by atoms with Gasteiger partial charge in [-0.25, -0.2) is 4.79 Å². The molecule has 0 aliphatic rings. The van der Waals surface area contributed by atoms with Gasteiger partial charge in [-0.1, -0.05) is 54.6 Å². The number of carbonyl (C=O) groups is 2. The van der Waals surface area contributed by atoms with E-state index in [4.69, 9.17) is 14.2 Å². The van der Waals surface area contributed by atoms with Crippen molar-refractivity contribution in [1.29, 1.82) is 0 Å². The highest BCUT2D eigenvalue weighted by molar-refractivity contribution is 5.88. The number of ether oxygens (including phenoxy) is 3. The average molecular weight is 488 g/mol. The lowest BCUT2D eigenvalue weighted by Gasteiger charge is -2.19. The molecule has 36 heavy (non-hydrogen) atoms. The zero-order valence-electron chi connectivity index (χ0n) is 20.2. The van der Waals surface area contributed by atoms with Gasteiger partial charge < -0.3 is 29.8 Å². The summed E-state index contributed by atoms with van der Waals surface area (Å²) in [5, 5.41) is 6.64. The molecule has 0 fully saturated rings. The Hall–Kier alpha value is -4.46. The number of rotatable bonds is 10. The zero-order chi connectivity index (χ0) is 25.3. The van der Waals surface area contributed by atoms with E-state index >= 15 is 0 Å². The molecule has 0 aliphatic carbocycles. The van der Waals surface area contributed by atoms with Gasteiger partial charge in [-0.05, 0) is 34.9 Å². The summed E-state index contributed by atoms with van der Waals surface area (Å²) in [5.41, 5.74) is 3.57. The Morgan fingerprint density at radius 3 is 2.42 bits per heavy atom. The van der Waals surface area contributed by atoms with Crippen molar-refractivity contribution in [1.82, 2.24) is 15.6 Å². The van der Waals surface area contributed by atoms with Crippen LogP contribution in [0.25, 0.3) is 10.9 Å². The molecule has 4 rings (SSSR count). The third-order valence-electron chi connectivity index (χ3n) is 5.83. The lowest BCUT2D eigenvalue weighted by atomic mass is 10.0. The van der Waals surface area contributed by atoms with E-state index < -0.39 is 12.1 Å². The van der Waals surface area contributed by atoms with E-state index in [9.17, 15) is 9.59 Å². The minimum atomic E-state index is -0.840. The fourth-order valence-corrected chi connectivity index (χ4v) is 3.94. The maximum absolute atomic E-state index is 13.2. The molecule has 0 spiro atoms. The van der Waals surface area contributed by atoms with Crippen molar-refractivity contribution < 1.29 is 23.8 Å². The molecule has 0 radical (unpaired) electrons. The fraction of sp³-hybridized carbons (Fsp3) is 0.214. The number of nitrogens with one attached hydrogen (secondary N) is 3. The zero-order valence-corrected chi connectivity index (χ0v) is 20.2. The second kappa shape index (κ2) is 11.8. The van der Waals surface area contributed by atoms with E-state index in [1.165, 1.54) is 0 Å². The SMILES string of the molecule is COc1ccc(CNC(=O)[C@H](Cc2c[nH]c3ccccc23)NC(=O)OCc2ccccc2)cc1OC. The van der Waals surface area contributed by atoms with Crippen LogP contribution in [0, 0.1) is 0 Å². The van der Waals surface area contributed by atoms with Crippen LogP contribution in [0.3, 0.4) is 0 Å². The van der Waals surface area contributed by atoms with Crippen LogP contribution in [0.5, 0.6) is 11.5 Å². The van der Waals surface area contributed by atoms with Gasteiger partial charge in [-0.3, -0.25) is 4.79 Å². The van der Waals surface area contributed by atoms with Crippen molar-refractivity contribution in [3.8, 4) is 11.5 Å². The van der Waals surface area contributed by atoms with Gasteiger partial charge in [0, 0.05) is 30.1 Å². The summed E-state index contributed by atoms with van der Waals surface area (Å²) >= 11 is 0. The lowest BCUT2D eigenvalue weighted by Crippen LogP contribution is -2.48. The first kappa shape index (κ1) is 24.7. The molecule has 8 heteroatoms. The number of amides is 2. The summed E-state index contributed by atoms with van der Waals surface area (Å²) in [5.74, 6) is 0.849. The molecule has 0 aliphatic heterocycles. The Labute approximate surface area is 209 Å². The summed E-state index contributed by atoms with van der Waals surface area (Å²) in [4.78, 5) is 29.0. The topological polar surface area (TPSA) is 102 Å². The molecule has 186 valence electrons. The van der Waals surface area contributed by atoms with Crippen molar-refractivity contribution in [2.75, 3.05) is 14.2 Å². The second-order valence-electron chi connectivity index (χ2n) is 8.23. The van der Waals surface area contributed by atoms with Crippen LogP contribution in [0.2, 0.25) is 0 Å². The van der Waals surface area contributed by atoms with Crippen molar-refractivity contribution in [3.05, 3.63) is 95.7 Å². The van der Waals surface area contributed by atoms with Crippen LogP contribution in [0.1, 0.15) is 16.7 Å². The highest BCUT2D eigenvalue weighted by Gasteiger charge is 2.23. The normalized spacial score (nSPS) is 11.5. The summed E-state index contributed by atoms with van der Waals surface area (Å²) in [7, 11) is 3.12. The maximum Gasteiger partial charge on any atom is 0.408 e. The number of aromatic amines is 1. The number of para-hydroxylation sites is 1. The minimum absolute atomic E-state index is 0.111. The summed E-state index contributed by atoms with van der Waals surface area (Å²) in [6.45, 7) is 0.365. The molecule has 4 aromatic rings. The fourth-order valence-electron chi connectivity index (χ4n) is 3.94. The number of hydrogen-bond acceptors (Lipinski definition) is 5. The Morgan fingerprint density at radius 1 is 0.889 bits per heavy atom. The Kier molecular flexibility index (Phi) is 8.08. The molecule has 1 aromatic heterocycles. The van der Waals surface area contributed by atoms with Gasteiger partial charge in [0.1, 0.15) is 12.6 Å². The number of fused-ring (bicyclic) bond motifs is 1. The molecule has 0 unspecified atom stereocenters. The summed E-state index contributed by atoms with van der Waals surface area (Å²) in [6, 6.07) is 21.8. The molecule has 3 aromatic carbocycles. The van der Waals surface area contributed by atoms with Crippen molar-refractivity contribution >= 4 is 22.9 Å². The van der Waals surface area contributed by atoms with Crippen LogP contribution in [-0.2, 0) is 29.1 Å². The molecule has 0 saturated carbocycles. The molecule has 1 atom stereocenters. The average Bonchev–Trinajstić information content (AvgIpc) is 3.33. The Morgan fingerprint density at radius 2 is 1.64 bits per heavy atom. The molecular weight excluding hydrogens is 458 g/mol. The molecule has 0 saturated heterocycles. The van der Waals surface area contributed by atoms with Crippen LogP contribution in [0.15, 0.2) is 79.0 Å². The predicted molar refractivity (Wildman–Crippen MR) is 137 cm³/mol. The Balaban J connectivity index is 1.46. The number of hydrogen-bond donors (Lipinski definition) is 3. The van der Waals surface area contributed by atoms with E-state index in [0.29, 0.717) is 17.9 Å². The molecular formula is C28H29N3O5. The largest absolute Gasteiger partial charge is 0.493 e. The lowest BCUT2D eigenvalue weighted by molar-refractivity contribution is -0.123. The van der Waals surface area contributed by atoms with Gasteiger partial charge in [-0.2, -0.15) is 0 Å². The van der Waals surface area contributed by atoms with Gasteiger partial charge in [0.2, 0.25) is 5.91 Å². The number of methoxy groups -OCH3 is 2. The monoisotopic (exact) mass is 487 g/mol. The summed E-state index contributed by atoms with van der Waals surface area (Å²) < 4.78 is 16.0. The van der Waals surface area contributed by atoms with Crippen LogP contribution in [-0.4, -0.2) is 37.2 Å². The van der Waals surface area contributed by atoms with E-state index in [2.05, 4.69) is 15.6 Å². The minimum Gasteiger partial charge on any atom is -0.493 e. The van der Waals surface area contributed by atoms with Crippen molar-refractivity contribution in [2.45, 2.75) is 25.6 Å². The first-order chi connectivity index (χ1) is 17.6. The maximum atomic E-state index is 13.2. The number of H-pyrrole nitrogens is 1. The van der Waals surface area contributed by atoms with E-state index in [-0.39, 0.29) is 19.1 Å². The number of benzene rings is 3. The van der Waals surface area contributed by atoms with E-state index in [1.54, 1.807) is 26.4 Å². The third kappa shape index (κ3) is 6.15. The predicted octanol–water partition coefficient (Wildman–Crippen LogP) is 4.34. The van der Waals surface area contributed by atoms with Gasteiger partial charge >= 0.3 is 6.09 Å². The van der Waals surface area contributed by atoms with Gasteiger partial charge in [0.05, 0.1) is 14.2 Å². The molecule has 2 amide bonds. The first-order valence-electron chi connectivity index (χ1n) is 11.6. The molecule has 0 bridgehead atoms. The smallest absolute Gasteiger partial charge is 0.408 e. The standard InChI is InChI=1S/C28H29N3O5/c1-34-25-13-12-20(14-26(25)35-2)16-30-27(32)24(15-21-17-29-23-11-7-6-10-22(21)23)31-28(33)36-18-19-8-4-3-5-9-19/h3-14,17,24,29H,15-16,18H2,1-2H3,(H,30,32)(H,31,33)/t24-/m0/s1. The van der Waals surface area contributed by atoms with Gasteiger partial charge in [0.15, 0.2) is 11.5 Å². The second-order valence-corrected chi connectivity index (χ2v) is 8.23. The van der Waals surface area contributed by atoms with Crippen LogP contribution in [0.4, 0.5) is 4.79 Å². The summed E-state index contributed by atoms with van der Waals surface area (Å²) in [6.07, 6.45) is 1.49. The van der Waals surface area contributed by atoms with E-state index in [0.717, 1.165) is 27.6 Å². The van der Waals surface area contributed by atoms with Crippen LogP contribution >= 0.6 is 0 Å². The highest BCUT2D eigenvalue weighted by atomic mass is 16.5. The molecule has 8 nitrogen and oxygen atoms in total. The number of aromatic nitrogens is 1. The third-order valence-corrected chi connectivity index (χ3v) is 5.83. The first-order valence-corrected chi connectivity index (χ1v) is 11.6. The quantitative estimate of drug-likeness (QED) is 0.309.